The van der Waals surface area contributed by atoms with Crippen molar-refractivity contribution < 1.29 is 4.74 Å². The summed E-state index contributed by atoms with van der Waals surface area (Å²) in [5.74, 6) is 1.05. The van der Waals surface area contributed by atoms with E-state index in [0.717, 1.165) is 25.3 Å². The first-order valence-electron chi connectivity index (χ1n) is 6.05. The van der Waals surface area contributed by atoms with Gasteiger partial charge in [-0.25, -0.2) is 0 Å². The van der Waals surface area contributed by atoms with Gasteiger partial charge in [0, 0.05) is 22.2 Å². The van der Waals surface area contributed by atoms with E-state index in [1.807, 2.05) is 0 Å². The van der Waals surface area contributed by atoms with Gasteiger partial charge in [0.2, 0.25) is 0 Å². The standard InChI is InChI=1S/C15H14INO/c16-13-2-1-3-14(9-13)17-10-11-4-5-15-12(8-11)6-7-18-15/h1-5,8-9,17H,6-7,10H2. The van der Waals surface area contributed by atoms with Crippen LogP contribution in [0.3, 0.4) is 0 Å². The molecule has 0 amide bonds. The van der Waals surface area contributed by atoms with Gasteiger partial charge >= 0.3 is 0 Å². The van der Waals surface area contributed by atoms with E-state index in [2.05, 4.69) is 70.4 Å². The highest BCUT2D eigenvalue weighted by atomic mass is 127. The van der Waals surface area contributed by atoms with E-state index in [0.29, 0.717) is 0 Å². The van der Waals surface area contributed by atoms with E-state index in [-0.39, 0.29) is 0 Å². The molecule has 1 aliphatic heterocycles. The summed E-state index contributed by atoms with van der Waals surface area (Å²) in [4.78, 5) is 0. The number of halogens is 1. The number of benzene rings is 2. The minimum Gasteiger partial charge on any atom is -0.493 e. The average molecular weight is 351 g/mol. The highest BCUT2D eigenvalue weighted by Crippen LogP contribution is 2.26. The van der Waals surface area contributed by atoms with Crippen LogP contribution in [0.1, 0.15) is 11.1 Å². The van der Waals surface area contributed by atoms with Gasteiger partial charge in [0.25, 0.3) is 0 Å². The van der Waals surface area contributed by atoms with Gasteiger partial charge in [-0.1, -0.05) is 18.2 Å². The van der Waals surface area contributed by atoms with Crippen molar-refractivity contribution >= 4 is 28.3 Å². The Hall–Kier alpha value is -1.23. The molecule has 0 fully saturated rings. The van der Waals surface area contributed by atoms with Crippen LogP contribution < -0.4 is 10.1 Å². The van der Waals surface area contributed by atoms with Gasteiger partial charge in [0.1, 0.15) is 5.75 Å². The highest BCUT2D eigenvalue weighted by Gasteiger charge is 2.11. The average Bonchev–Trinajstić information content (AvgIpc) is 2.84. The van der Waals surface area contributed by atoms with Crippen molar-refractivity contribution in [2.75, 3.05) is 11.9 Å². The van der Waals surface area contributed by atoms with Gasteiger partial charge in [-0.2, -0.15) is 0 Å². The molecule has 2 aromatic rings. The zero-order chi connectivity index (χ0) is 12.4. The Kier molecular flexibility index (Phi) is 3.41. The van der Waals surface area contributed by atoms with E-state index < -0.39 is 0 Å². The molecule has 0 spiro atoms. The van der Waals surface area contributed by atoms with Crippen LogP contribution in [-0.4, -0.2) is 6.61 Å². The molecular formula is C15H14INO. The molecule has 0 bridgehead atoms. The first-order valence-corrected chi connectivity index (χ1v) is 7.13. The van der Waals surface area contributed by atoms with Crippen LogP contribution in [0.25, 0.3) is 0 Å². The van der Waals surface area contributed by atoms with E-state index in [4.69, 9.17) is 4.74 Å². The first-order chi connectivity index (χ1) is 8.81. The van der Waals surface area contributed by atoms with Crippen LogP contribution in [-0.2, 0) is 13.0 Å². The molecule has 1 heterocycles. The molecule has 2 aromatic carbocycles. The van der Waals surface area contributed by atoms with Crippen molar-refractivity contribution in [3.8, 4) is 5.75 Å². The van der Waals surface area contributed by atoms with E-state index in [9.17, 15) is 0 Å². The summed E-state index contributed by atoms with van der Waals surface area (Å²) < 4.78 is 6.76. The van der Waals surface area contributed by atoms with Crippen LogP contribution in [0, 0.1) is 3.57 Å². The number of hydrogen-bond acceptors (Lipinski definition) is 2. The number of hydrogen-bond donors (Lipinski definition) is 1. The Bertz CT molecular complexity index is 568. The third-order valence-corrected chi connectivity index (χ3v) is 3.75. The number of anilines is 1. The van der Waals surface area contributed by atoms with Crippen LogP contribution in [0.2, 0.25) is 0 Å². The Balaban J connectivity index is 1.70. The molecule has 0 aliphatic carbocycles. The van der Waals surface area contributed by atoms with Crippen LogP contribution >= 0.6 is 22.6 Å². The molecule has 0 saturated carbocycles. The van der Waals surface area contributed by atoms with Gasteiger partial charge in [0.15, 0.2) is 0 Å². The van der Waals surface area contributed by atoms with Gasteiger partial charge in [-0.15, -0.1) is 0 Å². The minimum atomic E-state index is 0.823. The predicted octanol–water partition coefficient (Wildman–Crippen LogP) is 3.84. The molecule has 1 N–H and O–H groups in total. The largest absolute Gasteiger partial charge is 0.493 e. The number of rotatable bonds is 3. The lowest BCUT2D eigenvalue weighted by atomic mass is 10.1. The fourth-order valence-electron chi connectivity index (χ4n) is 2.15. The maximum atomic E-state index is 5.51. The summed E-state index contributed by atoms with van der Waals surface area (Å²) in [6.07, 6.45) is 1.03. The summed E-state index contributed by atoms with van der Waals surface area (Å²) in [6.45, 7) is 1.68. The molecule has 3 heteroatoms. The van der Waals surface area contributed by atoms with E-state index in [1.165, 1.54) is 20.4 Å². The maximum Gasteiger partial charge on any atom is 0.122 e. The Labute approximate surface area is 121 Å². The second-order valence-corrected chi connectivity index (χ2v) is 5.65. The minimum absolute atomic E-state index is 0.823. The fourth-order valence-corrected chi connectivity index (χ4v) is 2.70. The molecular weight excluding hydrogens is 337 g/mol. The maximum absolute atomic E-state index is 5.51. The molecule has 18 heavy (non-hydrogen) atoms. The highest BCUT2D eigenvalue weighted by molar-refractivity contribution is 14.1. The lowest BCUT2D eigenvalue weighted by Gasteiger charge is -2.08. The van der Waals surface area contributed by atoms with Crippen molar-refractivity contribution in [2.24, 2.45) is 0 Å². The molecule has 2 nitrogen and oxygen atoms in total. The summed E-state index contributed by atoms with van der Waals surface area (Å²) in [5.41, 5.74) is 3.80. The normalized spacial score (nSPS) is 12.9. The lowest BCUT2D eigenvalue weighted by molar-refractivity contribution is 0.357. The zero-order valence-electron chi connectivity index (χ0n) is 9.95. The second kappa shape index (κ2) is 5.18. The molecule has 1 aliphatic rings. The predicted molar refractivity (Wildman–Crippen MR) is 82.1 cm³/mol. The Morgan fingerprint density at radius 1 is 1.17 bits per heavy atom. The first kappa shape index (κ1) is 11.8. The van der Waals surface area contributed by atoms with Gasteiger partial charge in [-0.3, -0.25) is 0 Å². The van der Waals surface area contributed by atoms with Crippen molar-refractivity contribution in [1.29, 1.82) is 0 Å². The molecule has 0 aromatic heterocycles. The molecule has 0 unspecified atom stereocenters. The summed E-state index contributed by atoms with van der Waals surface area (Å²) in [5, 5.41) is 3.45. The van der Waals surface area contributed by atoms with Crippen molar-refractivity contribution in [3.05, 3.63) is 57.2 Å². The van der Waals surface area contributed by atoms with Crippen LogP contribution in [0.4, 0.5) is 5.69 Å². The Morgan fingerprint density at radius 2 is 2.11 bits per heavy atom. The number of fused-ring (bicyclic) bond motifs is 1. The zero-order valence-corrected chi connectivity index (χ0v) is 12.1. The van der Waals surface area contributed by atoms with E-state index >= 15 is 0 Å². The molecule has 0 radical (unpaired) electrons. The van der Waals surface area contributed by atoms with Gasteiger partial charge < -0.3 is 10.1 Å². The van der Waals surface area contributed by atoms with E-state index in [1.54, 1.807) is 0 Å². The lowest BCUT2D eigenvalue weighted by Crippen LogP contribution is -1.99. The SMILES string of the molecule is Ic1cccc(NCc2ccc3c(c2)CCO3)c1. The monoisotopic (exact) mass is 351 g/mol. The fraction of sp³-hybridized carbons (Fsp3) is 0.200. The van der Waals surface area contributed by atoms with Crippen molar-refractivity contribution in [3.63, 3.8) is 0 Å². The van der Waals surface area contributed by atoms with Crippen LogP contribution in [0.5, 0.6) is 5.75 Å². The number of nitrogens with one attached hydrogen (secondary N) is 1. The van der Waals surface area contributed by atoms with Crippen LogP contribution in [0.15, 0.2) is 42.5 Å². The summed E-state index contributed by atoms with van der Waals surface area (Å²) >= 11 is 2.33. The van der Waals surface area contributed by atoms with Crippen molar-refractivity contribution in [2.45, 2.75) is 13.0 Å². The summed E-state index contributed by atoms with van der Waals surface area (Å²) in [6, 6.07) is 14.9. The second-order valence-electron chi connectivity index (χ2n) is 4.40. The topological polar surface area (TPSA) is 21.3 Å². The molecule has 0 atom stereocenters. The molecule has 3 rings (SSSR count). The molecule has 0 saturated heterocycles. The quantitative estimate of drug-likeness (QED) is 0.849. The third-order valence-electron chi connectivity index (χ3n) is 3.08. The van der Waals surface area contributed by atoms with Crippen molar-refractivity contribution in [1.82, 2.24) is 0 Å². The van der Waals surface area contributed by atoms with Gasteiger partial charge in [0.05, 0.1) is 6.61 Å². The smallest absolute Gasteiger partial charge is 0.122 e. The third kappa shape index (κ3) is 2.61. The summed E-state index contributed by atoms with van der Waals surface area (Å²) in [7, 11) is 0. The Morgan fingerprint density at radius 3 is 3.00 bits per heavy atom. The number of ether oxygens (including phenoxy) is 1. The molecule has 92 valence electrons. The van der Waals surface area contributed by atoms with Gasteiger partial charge in [-0.05, 0) is 58.0 Å².